The number of likely N-dealkylation sites (N-methyl/N-ethyl adjacent to an activating group) is 1. The number of hydrogen-bond donors (Lipinski definition) is 0. The number of halogens is 1. The van der Waals surface area contributed by atoms with E-state index in [1.165, 1.54) is 12.1 Å². The van der Waals surface area contributed by atoms with Crippen molar-refractivity contribution in [1.29, 1.82) is 0 Å². The van der Waals surface area contributed by atoms with E-state index in [0.717, 1.165) is 5.69 Å². The van der Waals surface area contributed by atoms with E-state index in [2.05, 4.69) is 0 Å². The van der Waals surface area contributed by atoms with Crippen molar-refractivity contribution in [2.45, 2.75) is 31.1 Å². The summed E-state index contributed by atoms with van der Waals surface area (Å²) in [5, 5.41) is 0. The molecule has 0 aliphatic carbocycles. The Kier molecular flexibility index (Phi) is 2.94. The van der Waals surface area contributed by atoms with Crippen molar-refractivity contribution in [3.63, 3.8) is 0 Å². The van der Waals surface area contributed by atoms with E-state index < -0.39 is 14.5 Å². The molecule has 4 nitrogen and oxygen atoms in total. The fourth-order valence-electron chi connectivity index (χ4n) is 2.28. The second kappa shape index (κ2) is 3.96. The first kappa shape index (κ1) is 13.4. The van der Waals surface area contributed by atoms with Crippen molar-refractivity contribution < 1.29 is 13.2 Å². The summed E-state index contributed by atoms with van der Waals surface area (Å²) in [4.78, 5) is 13.9. The third-order valence-corrected chi connectivity index (χ3v) is 4.66. The summed E-state index contributed by atoms with van der Waals surface area (Å²) in [5.41, 5.74) is 0.746. The van der Waals surface area contributed by atoms with Crippen molar-refractivity contribution in [3.05, 3.63) is 23.8 Å². The standard InChI is InChI=1S/C12H14ClNO3S/c1-4-14-10-6-5-8(18(13,16)17)7-9(10)12(2,3)11(14)15/h5-7H,4H2,1-3H3. The SMILES string of the molecule is CCN1C(=O)C(C)(C)c2cc(S(=O)(=O)Cl)ccc21. The summed E-state index contributed by atoms with van der Waals surface area (Å²) in [6.45, 7) is 6.01. The molecule has 0 spiro atoms. The molecule has 0 saturated heterocycles. The van der Waals surface area contributed by atoms with Gasteiger partial charge in [-0.3, -0.25) is 4.79 Å². The molecule has 0 saturated carbocycles. The first-order valence-corrected chi connectivity index (χ1v) is 7.91. The Balaban J connectivity index is 2.69. The minimum absolute atomic E-state index is 0.0240. The molecule has 1 aliphatic rings. The van der Waals surface area contributed by atoms with Gasteiger partial charge < -0.3 is 4.90 Å². The van der Waals surface area contributed by atoms with E-state index in [4.69, 9.17) is 10.7 Å². The van der Waals surface area contributed by atoms with Gasteiger partial charge in [-0.25, -0.2) is 8.42 Å². The van der Waals surface area contributed by atoms with Crippen molar-refractivity contribution >= 4 is 31.3 Å². The minimum Gasteiger partial charge on any atom is -0.312 e. The summed E-state index contributed by atoms with van der Waals surface area (Å²) < 4.78 is 22.7. The van der Waals surface area contributed by atoms with Crippen molar-refractivity contribution in [1.82, 2.24) is 0 Å². The molecule has 0 unspecified atom stereocenters. The van der Waals surface area contributed by atoms with Gasteiger partial charge in [0.05, 0.1) is 10.3 Å². The van der Waals surface area contributed by atoms with Crippen LogP contribution < -0.4 is 4.90 Å². The quantitative estimate of drug-likeness (QED) is 0.784. The fourth-order valence-corrected chi connectivity index (χ4v) is 3.06. The van der Waals surface area contributed by atoms with Crippen molar-refractivity contribution in [2.24, 2.45) is 0 Å². The van der Waals surface area contributed by atoms with E-state index in [9.17, 15) is 13.2 Å². The Morgan fingerprint density at radius 2 is 1.94 bits per heavy atom. The van der Waals surface area contributed by atoms with Crippen LogP contribution in [0.2, 0.25) is 0 Å². The number of anilines is 1. The van der Waals surface area contributed by atoms with Gasteiger partial charge in [0, 0.05) is 22.9 Å². The molecule has 1 heterocycles. The van der Waals surface area contributed by atoms with Crippen LogP contribution in [-0.4, -0.2) is 20.9 Å². The summed E-state index contributed by atoms with van der Waals surface area (Å²) in [6.07, 6.45) is 0. The van der Waals surface area contributed by atoms with Crippen LogP contribution in [0.1, 0.15) is 26.3 Å². The molecule has 0 atom stereocenters. The van der Waals surface area contributed by atoms with Crippen molar-refractivity contribution in [2.75, 3.05) is 11.4 Å². The van der Waals surface area contributed by atoms with Gasteiger partial charge >= 0.3 is 0 Å². The van der Waals surface area contributed by atoms with E-state index in [1.54, 1.807) is 24.8 Å². The third-order valence-electron chi connectivity index (χ3n) is 3.31. The normalized spacial score (nSPS) is 18.0. The zero-order valence-corrected chi connectivity index (χ0v) is 12.0. The molecule has 0 N–H and O–H groups in total. The lowest BCUT2D eigenvalue weighted by atomic mass is 9.86. The smallest absolute Gasteiger partial charge is 0.261 e. The van der Waals surface area contributed by atoms with Crippen LogP contribution in [0.25, 0.3) is 0 Å². The summed E-state index contributed by atoms with van der Waals surface area (Å²) >= 11 is 0. The fraction of sp³-hybridized carbons (Fsp3) is 0.417. The average molecular weight is 288 g/mol. The predicted octanol–water partition coefficient (Wildman–Crippen LogP) is 2.26. The second-order valence-corrected chi connectivity index (χ2v) is 7.36. The summed E-state index contributed by atoms with van der Waals surface area (Å²) in [6, 6.07) is 4.56. The van der Waals surface area contributed by atoms with E-state index in [-0.39, 0.29) is 10.8 Å². The Morgan fingerprint density at radius 3 is 2.44 bits per heavy atom. The number of rotatable bonds is 2. The highest BCUT2D eigenvalue weighted by molar-refractivity contribution is 8.13. The first-order chi connectivity index (χ1) is 8.19. The Bertz CT molecular complexity index is 622. The zero-order valence-electron chi connectivity index (χ0n) is 10.4. The Labute approximate surface area is 111 Å². The molecule has 0 fully saturated rings. The highest BCUT2D eigenvalue weighted by atomic mass is 35.7. The van der Waals surface area contributed by atoms with Gasteiger partial charge in [-0.2, -0.15) is 0 Å². The molecule has 0 bridgehead atoms. The topological polar surface area (TPSA) is 54.5 Å². The minimum atomic E-state index is -3.77. The number of nitrogens with zero attached hydrogens (tertiary/aromatic N) is 1. The molecule has 1 amide bonds. The van der Waals surface area contributed by atoms with Gasteiger partial charge in [0.15, 0.2) is 0 Å². The van der Waals surface area contributed by atoms with Gasteiger partial charge in [-0.05, 0) is 44.5 Å². The van der Waals surface area contributed by atoms with Gasteiger partial charge in [0.25, 0.3) is 9.05 Å². The second-order valence-electron chi connectivity index (χ2n) is 4.79. The van der Waals surface area contributed by atoms with Gasteiger partial charge in [-0.1, -0.05) is 0 Å². The highest BCUT2D eigenvalue weighted by Gasteiger charge is 2.43. The maximum Gasteiger partial charge on any atom is 0.261 e. The molecular weight excluding hydrogens is 274 g/mol. The molecule has 1 aromatic carbocycles. The lowest BCUT2D eigenvalue weighted by molar-refractivity contribution is -0.122. The van der Waals surface area contributed by atoms with Crippen molar-refractivity contribution in [3.8, 4) is 0 Å². The first-order valence-electron chi connectivity index (χ1n) is 5.60. The van der Waals surface area contributed by atoms with Crippen LogP contribution in [0, 0.1) is 0 Å². The maximum atomic E-state index is 12.2. The number of hydrogen-bond acceptors (Lipinski definition) is 3. The number of carbonyl (C=O) groups excluding carboxylic acids is 1. The summed E-state index contributed by atoms with van der Waals surface area (Å²) in [5.74, 6) is -0.0240. The van der Waals surface area contributed by atoms with Crippen LogP contribution in [0.3, 0.4) is 0 Å². The van der Waals surface area contributed by atoms with E-state index in [0.29, 0.717) is 12.1 Å². The lowest BCUT2D eigenvalue weighted by Gasteiger charge is -2.18. The number of benzene rings is 1. The molecule has 18 heavy (non-hydrogen) atoms. The lowest BCUT2D eigenvalue weighted by Crippen LogP contribution is -2.35. The van der Waals surface area contributed by atoms with Gasteiger partial charge in [0.1, 0.15) is 0 Å². The van der Waals surface area contributed by atoms with Crippen LogP contribution in [-0.2, 0) is 19.3 Å². The molecule has 2 rings (SSSR count). The molecule has 1 aromatic rings. The van der Waals surface area contributed by atoms with Gasteiger partial charge in [0.2, 0.25) is 5.91 Å². The zero-order chi connectivity index (χ0) is 13.7. The monoisotopic (exact) mass is 287 g/mol. The van der Waals surface area contributed by atoms with Crippen LogP contribution in [0.15, 0.2) is 23.1 Å². The number of carbonyl (C=O) groups is 1. The van der Waals surface area contributed by atoms with Crippen LogP contribution in [0.4, 0.5) is 5.69 Å². The largest absolute Gasteiger partial charge is 0.312 e. The predicted molar refractivity (Wildman–Crippen MR) is 70.5 cm³/mol. The Morgan fingerprint density at radius 1 is 1.33 bits per heavy atom. The summed E-state index contributed by atoms with van der Waals surface area (Å²) in [7, 11) is 1.56. The van der Waals surface area contributed by atoms with Crippen LogP contribution >= 0.6 is 10.7 Å². The van der Waals surface area contributed by atoms with E-state index >= 15 is 0 Å². The molecular formula is C12H14ClNO3S. The number of amides is 1. The molecule has 1 aliphatic heterocycles. The van der Waals surface area contributed by atoms with Gasteiger partial charge in [-0.15, -0.1) is 0 Å². The Hall–Kier alpha value is -1.07. The van der Waals surface area contributed by atoms with E-state index in [1.807, 2.05) is 6.92 Å². The maximum absolute atomic E-state index is 12.2. The molecule has 98 valence electrons. The molecule has 0 aromatic heterocycles. The average Bonchev–Trinajstić information content (AvgIpc) is 2.46. The number of fused-ring (bicyclic) bond motifs is 1. The third kappa shape index (κ3) is 1.82. The molecule has 0 radical (unpaired) electrons. The molecule has 6 heteroatoms. The highest BCUT2D eigenvalue weighted by Crippen LogP contribution is 2.42. The van der Waals surface area contributed by atoms with Crippen LogP contribution in [0.5, 0.6) is 0 Å².